The summed E-state index contributed by atoms with van der Waals surface area (Å²) in [7, 11) is -3.60. The van der Waals surface area contributed by atoms with Crippen LogP contribution in [0.4, 0.5) is 5.69 Å². The average molecular weight is 305 g/mol. The van der Waals surface area contributed by atoms with E-state index in [1.807, 2.05) is 6.07 Å². The lowest BCUT2D eigenvalue weighted by molar-refractivity contribution is 0.333. The van der Waals surface area contributed by atoms with Crippen LogP contribution in [0, 0.1) is 29.1 Å². The second-order valence-corrected chi connectivity index (χ2v) is 7.89. The van der Waals surface area contributed by atoms with Crippen LogP contribution in [-0.4, -0.2) is 15.0 Å². The maximum atomic E-state index is 12.3. The summed E-state index contributed by atoms with van der Waals surface area (Å²) >= 11 is 0. The summed E-state index contributed by atoms with van der Waals surface area (Å²) in [6.45, 7) is 0.489. The van der Waals surface area contributed by atoms with E-state index >= 15 is 0 Å². The van der Waals surface area contributed by atoms with E-state index in [4.69, 9.17) is 11.0 Å². The quantitative estimate of drug-likeness (QED) is 0.830. The Balaban J connectivity index is 1.71. The topological polar surface area (TPSA) is 96.0 Å². The molecule has 0 spiro atoms. The first-order chi connectivity index (χ1) is 9.99. The van der Waals surface area contributed by atoms with E-state index in [-0.39, 0.29) is 10.6 Å². The summed E-state index contributed by atoms with van der Waals surface area (Å²) in [5.41, 5.74) is 6.24. The van der Waals surface area contributed by atoms with Crippen LogP contribution in [0.3, 0.4) is 0 Å². The minimum absolute atomic E-state index is 0.0599. The number of nitrogens with one attached hydrogen (secondary N) is 1. The van der Waals surface area contributed by atoms with Gasteiger partial charge >= 0.3 is 0 Å². The normalized spacial score (nSPS) is 27.7. The first-order valence-corrected chi connectivity index (χ1v) is 8.77. The van der Waals surface area contributed by atoms with Crippen molar-refractivity contribution in [3.8, 4) is 6.07 Å². The predicted octanol–water partition coefficient (Wildman–Crippen LogP) is 1.85. The highest BCUT2D eigenvalue weighted by Gasteiger charge is 2.39. The summed E-state index contributed by atoms with van der Waals surface area (Å²) in [5.74, 6) is 1.93. The molecule has 2 aliphatic carbocycles. The molecule has 2 saturated carbocycles. The van der Waals surface area contributed by atoms with Crippen molar-refractivity contribution in [2.45, 2.75) is 30.6 Å². The summed E-state index contributed by atoms with van der Waals surface area (Å²) in [4.78, 5) is 0.0599. The van der Waals surface area contributed by atoms with Gasteiger partial charge in [0.1, 0.15) is 4.90 Å². The Labute approximate surface area is 125 Å². The number of hydrogen-bond acceptors (Lipinski definition) is 4. The van der Waals surface area contributed by atoms with E-state index in [0.717, 1.165) is 12.3 Å². The van der Waals surface area contributed by atoms with E-state index in [2.05, 4.69) is 4.72 Å². The maximum absolute atomic E-state index is 12.3. The molecular weight excluding hydrogens is 286 g/mol. The Bertz CT molecular complexity index is 693. The predicted molar refractivity (Wildman–Crippen MR) is 79.7 cm³/mol. The Kier molecular flexibility index (Phi) is 3.64. The van der Waals surface area contributed by atoms with Gasteiger partial charge in [0.25, 0.3) is 0 Å². The van der Waals surface area contributed by atoms with Gasteiger partial charge in [0.15, 0.2) is 0 Å². The minimum Gasteiger partial charge on any atom is -0.398 e. The number of rotatable bonds is 4. The summed E-state index contributed by atoms with van der Waals surface area (Å²) in [6, 6.07) is 6.22. The van der Waals surface area contributed by atoms with Gasteiger partial charge < -0.3 is 5.73 Å². The van der Waals surface area contributed by atoms with Gasteiger partial charge in [-0.15, -0.1) is 0 Å². The van der Waals surface area contributed by atoms with E-state index in [1.165, 1.54) is 37.5 Å². The molecule has 0 saturated heterocycles. The molecule has 2 bridgehead atoms. The van der Waals surface area contributed by atoms with Gasteiger partial charge in [-0.05, 0) is 55.2 Å². The lowest BCUT2D eigenvalue weighted by atomic mass is 9.89. The molecule has 0 heterocycles. The van der Waals surface area contributed by atoms with Crippen LogP contribution >= 0.6 is 0 Å². The summed E-state index contributed by atoms with van der Waals surface area (Å²) in [5, 5.41) is 8.79. The number of anilines is 1. The SMILES string of the molecule is N#Cc1ccc(S(=O)(=O)NCC2CC3CCC2C3)c(N)c1. The largest absolute Gasteiger partial charge is 0.398 e. The molecule has 3 N–H and O–H groups in total. The summed E-state index contributed by atoms with van der Waals surface area (Å²) < 4.78 is 27.4. The zero-order valence-corrected chi connectivity index (χ0v) is 12.6. The van der Waals surface area contributed by atoms with Gasteiger partial charge in [-0.2, -0.15) is 5.26 Å². The molecule has 0 aliphatic heterocycles. The molecular formula is C15H19N3O2S. The van der Waals surface area contributed by atoms with Gasteiger partial charge in [-0.3, -0.25) is 0 Å². The van der Waals surface area contributed by atoms with Crippen molar-refractivity contribution < 1.29 is 8.42 Å². The Morgan fingerprint density at radius 2 is 2.14 bits per heavy atom. The second-order valence-electron chi connectivity index (χ2n) is 6.15. The third-order valence-corrected chi connectivity index (χ3v) is 6.35. The highest BCUT2D eigenvalue weighted by atomic mass is 32.2. The minimum atomic E-state index is -3.60. The fourth-order valence-corrected chi connectivity index (χ4v) is 4.99. The first kappa shape index (κ1) is 14.4. The number of nitrogens with two attached hydrogens (primary N) is 1. The van der Waals surface area contributed by atoms with E-state index in [1.54, 1.807) is 0 Å². The van der Waals surface area contributed by atoms with Gasteiger partial charge in [0.2, 0.25) is 10.0 Å². The van der Waals surface area contributed by atoms with Crippen molar-refractivity contribution in [1.29, 1.82) is 5.26 Å². The third-order valence-electron chi connectivity index (χ3n) is 4.85. The lowest BCUT2D eigenvalue weighted by Crippen LogP contribution is -2.32. The van der Waals surface area contributed by atoms with Gasteiger partial charge in [0, 0.05) is 6.54 Å². The standard InChI is InChI=1S/C15H19N3O2S/c16-8-11-2-4-15(14(17)7-11)21(19,20)18-9-13-6-10-1-3-12(13)5-10/h2,4,7,10,12-13,18H,1,3,5-6,9,17H2. The number of nitrogen functional groups attached to an aromatic ring is 1. The molecule has 1 aromatic rings. The highest BCUT2D eigenvalue weighted by molar-refractivity contribution is 7.89. The molecule has 3 atom stereocenters. The first-order valence-electron chi connectivity index (χ1n) is 7.29. The highest BCUT2D eigenvalue weighted by Crippen LogP contribution is 2.48. The third kappa shape index (κ3) is 2.76. The number of nitriles is 1. The molecule has 0 amide bonds. The number of hydrogen-bond donors (Lipinski definition) is 2. The molecule has 5 nitrogen and oxygen atoms in total. The summed E-state index contributed by atoms with van der Waals surface area (Å²) in [6.07, 6.45) is 4.92. The Morgan fingerprint density at radius 1 is 1.33 bits per heavy atom. The number of fused-ring (bicyclic) bond motifs is 2. The van der Waals surface area contributed by atoms with Crippen LogP contribution in [0.15, 0.2) is 23.1 Å². The molecule has 112 valence electrons. The number of nitrogens with zero attached hydrogens (tertiary/aromatic N) is 1. The molecule has 3 unspecified atom stereocenters. The van der Waals surface area contributed by atoms with Gasteiger partial charge in [0.05, 0.1) is 17.3 Å². The zero-order valence-electron chi connectivity index (χ0n) is 11.7. The van der Waals surface area contributed by atoms with Gasteiger partial charge in [-0.1, -0.05) is 6.42 Å². The Morgan fingerprint density at radius 3 is 2.71 bits per heavy atom. The van der Waals surface area contributed by atoms with E-state index < -0.39 is 10.0 Å². The molecule has 2 fully saturated rings. The maximum Gasteiger partial charge on any atom is 0.242 e. The van der Waals surface area contributed by atoms with Crippen molar-refractivity contribution in [3.63, 3.8) is 0 Å². The number of sulfonamides is 1. The smallest absolute Gasteiger partial charge is 0.242 e. The van der Waals surface area contributed by atoms with Crippen LogP contribution in [0.1, 0.15) is 31.2 Å². The van der Waals surface area contributed by atoms with Crippen LogP contribution in [0.25, 0.3) is 0 Å². The molecule has 6 heteroatoms. The molecule has 3 rings (SSSR count). The van der Waals surface area contributed by atoms with Crippen molar-refractivity contribution >= 4 is 15.7 Å². The van der Waals surface area contributed by atoms with Crippen LogP contribution in [0.5, 0.6) is 0 Å². The van der Waals surface area contributed by atoms with Crippen LogP contribution < -0.4 is 10.5 Å². The molecule has 0 aromatic heterocycles. The number of benzene rings is 1. The molecule has 1 aromatic carbocycles. The van der Waals surface area contributed by atoms with Crippen LogP contribution in [-0.2, 0) is 10.0 Å². The Hall–Kier alpha value is -1.58. The van der Waals surface area contributed by atoms with E-state index in [0.29, 0.717) is 23.9 Å². The van der Waals surface area contributed by atoms with Gasteiger partial charge in [-0.25, -0.2) is 13.1 Å². The van der Waals surface area contributed by atoms with E-state index in [9.17, 15) is 8.42 Å². The molecule has 0 radical (unpaired) electrons. The zero-order chi connectivity index (χ0) is 15.0. The average Bonchev–Trinajstić information content (AvgIpc) is 3.07. The van der Waals surface area contributed by atoms with Crippen molar-refractivity contribution in [2.75, 3.05) is 12.3 Å². The van der Waals surface area contributed by atoms with Crippen LogP contribution in [0.2, 0.25) is 0 Å². The fraction of sp³-hybridized carbons (Fsp3) is 0.533. The second kappa shape index (κ2) is 5.32. The van der Waals surface area contributed by atoms with Crippen molar-refractivity contribution in [2.24, 2.45) is 17.8 Å². The fourth-order valence-electron chi connectivity index (χ4n) is 3.78. The molecule has 21 heavy (non-hydrogen) atoms. The lowest BCUT2D eigenvalue weighted by Gasteiger charge is -2.22. The molecule has 2 aliphatic rings. The van der Waals surface area contributed by atoms with Crippen molar-refractivity contribution in [3.05, 3.63) is 23.8 Å². The monoisotopic (exact) mass is 305 g/mol. The van der Waals surface area contributed by atoms with Crippen molar-refractivity contribution in [1.82, 2.24) is 4.72 Å².